The molecule has 12 heteroatoms. The molecule has 0 amide bonds. The van der Waals surface area contributed by atoms with Crippen LogP contribution < -0.4 is 14.2 Å². The third-order valence-electron chi connectivity index (χ3n) is 4.42. The third-order valence-corrected chi connectivity index (χ3v) is 5.89. The third kappa shape index (κ3) is 2.99. The molecule has 2 aliphatic heterocycles. The molecule has 1 atom stereocenters. The van der Waals surface area contributed by atoms with Gasteiger partial charge in [-0.25, -0.2) is 30.7 Å². The Morgan fingerprint density at radius 2 is 1.69 bits per heavy atom. The molecule has 2 aromatic rings. The first-order valence-electron chi connectivity index (χ1n) is 8.08. The summed E-state index contributed by atoms with van der Waals surface area (Å²) < 4.78 is 99.5. The Morgan fingerprint density at radius 1 is 1.07 bits per heavy atom. The summed E-state index contributed by atoms with van der Waals surface area (Å²) in [6.07, 6.45) is -1.30. The summed E-state index contributed by atoms with van der Waals surface area (Å²) in [6.45, 7) is 0.270. The molecule has 0 bridgehead atoms. The number of hydrogen-bond donors (Lipinski definition) is 1. The van der Waals surface area contributed by atoms with E-state index in [1.165, 1.54) is 6.07 Å². The lowest BCUT2D eigenvalue weighted by molar-refractivity contribution is -0.146. The minimum Gasteiger partial charge on any atom is -0.456 e. The van der Waals surface area contributed by atoms with Gasteiger partial charge in [-0.15, -0.1) is 0 Å². The second kappa shape index (κ2) is 6.59. The van der Waals surface area contributed by atoms with E-state index in [0.29, 0.717) is 0 Å². The lowest BCUT2D eigenvalue weighted by Crippen LogP contribution is -2.34. The van der Waals surface area contributed by atoms with E-state index >= 15 is 0 Å². The molecule has 0 saturated heterocycles. The van der Waals surface area contributed by atoms with Crippen molar-refractivity contribution >= 4 is 16.0 Å². The number of carbonyl (C=O) groups is 1. The quantitative estimate of drug-likeness (QED) is 0.322. The molecule has 154 valence electrons. The number of benzene rings is 2. The Bertz CT molecular complexity index is 1170. The molecule has 0 radical (unpaired) electrons. The summed E-state index contributed by atoms with van der Waals surface area (Å²) in [5.74, 6) is -9.07. The van der Waals surface area contributed by atoms with Gasteiger partial charge >= 0.3 is 5.97 Å². The Hall–Kier alpha value is -2.86. The standard InChI is InChI=1S/C17H11F4NO6S/c1-6(23)28-11-4-22-29(24,25)17-12(13(18)14(19)15(20)16(17)21)8-3-10-9(2-7(8)11)26-5-27-10/h2-3,11,22H,4-5H2,1H3/t11-/m1/s1. The van der Waals surface area contributed by atoms with Crippen molar-refractivity contribution in [3.8, 4) is 22.6 Å². The van der Waals surface area contributed by atoms with Crippen LogP contribution in [0.15, 0.2) is 17.0 Å². The fourth-order valence-electron chi connectivity index (χ4n) is 3.22. The maximum Gasteiger partial charge on any atom is 0.303 e. The maximum absolute atomic E-state index is 14.7. The van der Waals surface area contributed by atoms with Gasteiger partial charge in [0.2, 0.25) is 16.8 Å². The predicted molar refractivity (Wildman–Crippen MR) is 87.5 cm³/mol. The predicted octanol–water partition coefficient (Wildman–Crippen LogP) is 2.53. The molecule has 0 fully saturated rings. The van der Waals surface area contributed by atoms with E-state index < -0.39 is 62.4 Å². The van der Waals surface area contributed by atoms with Crippen molar-refractivity contribution in [2.75, 3.05) is 13.3 Å². The molecule has 2 heterocycles. The lowest BCUT2D eigenvalue weighted by atomic mass is 9.94. The Kier molecular flexibility index (Phi) is 4.42. The zero-order valence-corrected chi connectivity index (χ0v) is 15.3. The molecule has 0 saturated carbocycles. The van der Waals surface area contributed by atoms with E-state index in [-0.39, 0.29) is 29.4 Å². The van der Waals surface area contributed by atoms with Crippen LogP contribution in [0.1, 0.15) is 18.6 Å². The van der Waals surface area contributed by atoms with Gasteiger partial charge in [-0.2, -0.15) is 0 Å². The normalized spacial score (nSPS) is 19.0. The fraction of sp³-hybridized carbons (Fsp3) is 0.235. The van der Waals surface area contributed by atoms with E-state index in [1.54, 1.807) is 0 Å². The molecule has 2 aliphatic rings. The molecule has 0 spiro atoms. The van der Waals surface area contributed by atoms with Gasteiger partial charge in [0.15, 0.2) is 34.8 Å². The first-order chi connectivity index (χ1) is 13.6. The highest BCUT2D eigenvalue weighted by molar-refractivity contribution is 7.89. The monoisotopic (exact) mass is 433 g/mol. The fourth-order valence-corrected chi connectivity index (χ4v) is 4.53. The van der Waals surface area contributed by atoms with Gasteiger partial charge < -0.3 is 14.2 Å². The van der Waals surface area contributed by atoms with E-state index in [2.05, 4.69) is 0 Å². The summed E-state index contributed by atoms with van der Waals surface area (Å²) in [7, 11) is -4.85. The van der Waals surface area contributed by atoms with Crippen molar-refractivity contribution in [1.29, 1.82) is 0 Å². The molecular weight excluding hydrogens is 422 g/mol. The van der Waals surface area contributed by atoms with Gasteiger partial charge in [0.05, 0.1) is 6.54 Å². The topological polar surface area (TPSA) is 90.9 Å². The Labute approximate surface area is 161 Å². The van der Waals surface area contributed by atoms with Crippen LogP contribution in [0.3, 0.4) is 0 Å². The molecule has 4 rings (SSSR count). The van der Waals surface area contributed by atoms with Crippen molar-refractivity contribution in [3.05, 3.63) is 41.0 Å². The van der Waals surface area contributed by atoms with Crippen LogP contribution in [0, 0.1) is 23.3 Å². The summed E-state index contributed by atoms with van der Waals surface area (Å²) in [6, 6.07) is 2.36. The maximum atomic E-state index is 14.7. The number of rotatable bonds is 1. The van der Waals surface area contributed by atoms with Gasteiger partial charge in [-0.3, -0.25) is 4.79 Å². The van der Waals surface area contributed by atoms with Crippen LogP contribution in [0.4, 0.5) is 17.6 Å². The van der Waals surface area contributed by atoms with Crippen LogP contribution in [0.25, 0.3) is 11.1 Å². The number of ether oxygens (including phenoxy) is 3. The number of sulfonamides is 1. The number of esters is 1. The van der Waals surface area contributed by atoms with Crippen molar-refractivity contribution < 1.29 is 45.0 Å². The number of carbonyl (C=O) groups excluding carboxylic acids is 1. The molecule has 7 nitrogen and oxygen atoms in total. The van der Waals surface area contributed by atoms with Crippen molar-refractivity contribution in [3.63, 3.8) is 0 Å². The molecule has 0 unspecified atom stereocenters. The highest BCUT2D eigenvalue weighted by Crippen LogP contribution is 2.46. The van der Waals surface area contributed by atoms with Crippen LogP contribution >= 0.6 is 0 Å². The zero-order chi connectivity index (χ0) is 21.1. The summed E-state index contributed by atoms with van der Waals surface area (Å²) in [5, 5.41) is 0. The Morgan fingerprint density at radius 3 is 2.34 bits per heavy atom. The Balaban J connectivity index is 2.14. The highest BCUT2D eigenvalue weighted by atomic mass is 32.2. The number of halogens is 4. The first kappa shape index (κ1) is 19.5. The summed E-state index contributed by atoms with van der Waals surface area (Å²) in [5.41, 5.74) is -1.42. The summed E-state index contributed by atoms with van der Waals surface area (Å²) in [4.78, 5) is 10.1. The largest absolute Gasteiger partial charge is 0.456 e. The average molecular weight is 433 g/mol. The second-order valence-corrected chi connectivity index (χ2v) is 7.91. The molecule has 2 aromatic carbocycles. The van der Waals surface area contributed by atoms with E-state index in [9.17, 15) is 30.8 Å². The molecule has 0 aromatic heterocycles. The lowest BCUT2D eigenvalue weighted by Gasteiger charge is -2.26. The smallest absolute Gasteiger partial charge is 0.303 e. The van der Waals surface area contributed by atoms with Gasteiger partial charge in [-0.05, 0) is 17.7 Å². The van der Waals surface area contributed by atoms with Crippen LogP contribution in [0.2, 0.25) is 0 Å². The van der Waals surface area contributed by atoms with Crippen LogP contribution in [-0.4, -0.2) is 27.7 Å². The van der Waals surface area contributed by atoms with Crippen molar-refractivity contribution in [1.82, 2.24) is 4.72 Å². The second-order valence-electron chi connectivity index (χ2n) is 6.20. The number of fused-ring (bicyclic) bond motifs is 4. The average Bonchev–Trinajstić information content (AvgIpc) is 3.11. The van der Waals surface area contributed by atoms with Crippen molar-refractivity contribution in [2.24, 2.45) is 0 Å². The molecule has 0 aliphatic carbocycles. The molecular formula is C17H11F4NO6S. The van der Waals surface area contributed by atoms with Crippen molar-refractivity contribution in [2.45, 2.75) is 17.9 Å². The van der Waals surface area contributed by atoms with Gasteiger partial charge in [-0.1, -0.05) is 0 Å². The minimum absolute atomic E-state index is 0.0163. The van der Waals surface area contributed by atoms with Gasteiger partial charge in [0, 0.05) is 18.1 Å². The van der Waals surface area contributed by atoms with E-state index in [1.807, 2.05) is 4.72 Å². The van der Waals surface area contributed by atoms with E-state index in [4.69, 9.17) is 14.2 Å². The SMILES string of the molecule is CC(=O)O[C@@H]1CNS(=O)(=O)c2c(F)c(F)c(F)c(F)c2-c2cc3c(cc21)OCO3. The minimum atomic E-state index is -4.85. The van der Waals surface area contributed by atoms with E-state index in [0.717, 1.165) is 13.0 Å². The highest BCUT2D eigenvalue weighted by Gasteiger charge is 2.39. The number of hydrogen-bond acceptors (Lipinski definition) is 6. The zero-order valence-electron chi connectivity index (χ0n) is 14.5. The van der Waals surface area contributed by atoms with Crippen LogP contribution in [0.5, 0.6) is 11.5 Å². The molecule has 1 N–H and O–H groups in total. The molecule has 29 heavy (non-hydrogen) atoms. The summed E-state index contributed by atoms with van der Waals surface area (Å²) >= 11 is 0. The van der Waals surface area contributed by atoms with Gasteiger partial charge in [0.1, 0.15) is 11.0 Å². The number of nitrogens with one attached hydrogen (secondary N) is 1. The first-order valence-corrected chi connectivity index (χ1v) is 9.57. The van der Waals surface area contributed by atoms with Gasteiger partial charge in [0.25, 0.3) is 0 Å². The van der Waals surface area contributed by atoms with Crippen LogP contribution in [-0.2, 0) is 19.6 Å².